The van der Waals surface area contributed by atoms with Crippen molar-refractivity contribution in [2.45, 2.75) is 9.79 Å². The molecule has 0 atom stereocenters. The maximum absolute atomic E-state index is 12.4. The van der Waals surface area contributed by atoms with Crippen molar-refractivity contribution in [3.05, 3.63) is 118 Å². The number of halogens is 2. The molecule has 66 heavy (non-hydrogen) atoms. The minimum absolute atomic E-state index is 0. The first-order valence-electron chi connectivity index (χ1n) is 18.2. The minimum atomic E-state index is -5.16. The fraction of sp³-hybridized carbons (Fsp3) is 0.105. The Bertz CT molecular complexity index is 2760. The van der Waals surface area contributed by atoms with Gasteiger partial charge in [0.15, 0.2) is 0 Å². The summed E-state index contributed by atoms with van der Waals surface area (Å²) in [6.07, 6.45) is 2.26. The van der Waals surface area contributed by atoms with Gasteiger partial charge in [-0.15, -0.1) is 0 Å². The van der Waals surface area contributed by atoms with Crippen molar-refractivity contribution in [3.8, 4) is 0 Å². The molecule has 0 radical (unpaired) electrons. The molecule has 0 aliphatic carbocycles. The summed E-state index contributed by atoms with van der Waals surface area (Å²) in [5, 5.41) is 33.7. The Labute approximate surface area is 430 Å². The van der Waals surface area contributed by atoms with Crippen molar-refractivity contribution >= 4 is 114 Å². The van der Waals surface area contributed by atoms with Crippen LogP contribution in [-0.2, 0) is 20.2 Å². The zero-order valence-electron chi connectivity index (χ0n) is 34.5. The second kappa shape index (κ2) is 24.2. The summed E-state index contributed by atoms with van der Waals surface area (Å²) in [6, 6.07) is 19.5. The van der Waals surface area contributed by atoms with E-state index in [9.17, 15) is 35.5 Å². The number of benzene rings is 4. The third kappa shape index (κ3) is 15.3. The van der Waals surface area contributed by atoms with Crippen LogP contribution < -0.4 is 91.0 Å². The van der Waals surface area contributed by atoms with Crippen LogP contribution in [0.15, 0.2) is 94.7 Å². The van der Waals surface area contributed by atoms with Gasteiger partial charge in [0.25, 0.3) is 11.8 Å². The average molecular weight is 998 g/mol. The second-order valence-corrected chi connectivity index (χ2v) is 16.2. The molecule has 332 valence electrons. The Morgan fingerprint density at radius 2 is 0.818 bits per heavy atom. The van der Waals surface area contributed by atoms with Crippen LogP contribution >= 0.6 is 23.2 Å². The number of aliphatic hydroxyl groups is 2. The number of aromatic nitrogens is 6. The van der Waals surface area contributed by atoms with Crippen molar-refractivity contribution in [3.63, 3.8) is 0 Å². The number of hydrogen-bond donors (Lipinski definition) is 8. The smallest absolute Gasteiger partial charge is 0.744 e. The molecule has 4 aromatic carbocycles. The number of aliphatic hydroxyl groups excluding tert-OH is 2. The van der Waals surface area contributed by atoms with E-state index < -0.39 is 30.0 Å². The van der Waals surface area contributed by atoms with Crippen molar-refractivity contribution in [2.24, 2.45) is 0 Å². The third-order valence-electron chi connectivity index (χ3n) is 8.34. The molecule has 0 spiro atoms. The van der Waals surface area contributed by atoms with Crippen LogP contribution in [0.1, 0.15) is 31.8 Å². The average Bonchev–Trinajstić information content (AvgIpc) is 3.24. The molecule has 22 nitrogen and oxygen atoms in total. The number of carbonyl (C=O) groups excluding carboxylic acids is 2. The molecule has 6 rings (SSSR count). The summed E-state index contributed by atoms with van der Waals surface area (Å²) in [7, 11) is -10.3. The quantitative estimate of drug-likeness (QED) is 0.0257. The molecule has 0 fully saturated rings. The normalized spacial score (nSPS) is 11.2. The molecular weight excluding hydrogens is 966 g/mol. The SMILES string of the molecule is O=C(NCCO)c1ccc(Nc2nc(Cl)nc(Nc3ccc(/C=C/c4ccc(Nc5nc(Cl)nc(Nc6ccc(C(=O)NCCO)cc6)n5)cc4S(=O)(=O)[O-])c(S(=O)(=O)[O-])c3)n2)cc1.[Na+].[Na+]. The van der Waals surface area contributed by atoms with Crippen LogP contribution in [0.25, 0.3) is 12.2 Å². The van der Waals surface area contributed by atoms with Gasteiger partial charge in [0.2, 0.25) is 34.4 Å². The van der Waals surface area contributed by atoms with E-state index in [2.05, 4.69) is 61.8 Å². The fourth-order valence-corrected chi connectivity index (χ4v) is 7.22. The fourth-order valence-electron chi connectivity index (χ4n) is 5.51. The van der Waals surface area contributed by atoms with Gasteiger partial charge in [-0.1, -0.05) is 24.3 Å². The molecule has 0 bridgehead atoms. The second-order valence-electron chi connectivity index (χ2n) is 12.9. The molecule has 0 saturated carbocycles. The summed E-state index contributed by atoms with van der Waals surface area (Å²) < 4.78 is 74.6. The van der Waals surface area contributed by atoms with E-state index in [1.807, 2.05) is 0 Å². The van der Waals surface area contributed by atoms with Gasteiger partial charge >= 0.3 is 59.1 Å². The van der Waals surface area contributed by atoms with Crippen LogP contribution in [0.5, 0.6) is 0 Å². The Morgan fingerprint density at radius 3 is 1.12 bits per heavy atom. The van der Waals surface area contributed by atoms with Gasteiger partial charge in [-0.2, -0.15) is 29.9 Å². The van der Waals surface area contributed by atoms with Gasteiger partial charge in [0.05, 0.1) is 23.0 Å². The number of rotatable bonds is 18. The van der Waals surface area contributed by atoms with Crippen molar-refractivity contribution in [1.82, 2.24) is 40.5 Å². The molecule has 28 heteroatoms. The van der Waals surface area contributed by atoms with Crippen molar-refractivity contribution < 1.29 is 105 Å². The van der Waals surface area contributed by atoms with E-state index in [4.69, 9.17) is 33.4 Å². The molecule has 6 aromatic rings. The number of hydrogen-bond acceptors (Lipinski definition) is 20. The molecular formula is C38H32Cl2N12Na2O10S2. The zero-order valence-corrected chi connectivity index (χ0v) is 41.6. The Balaban J connectivity index is 0.00000476. The topological polar surface area (TPSA) is 339 Å². The van der Waals surface area contributed by atoms with Gasteiger partial charge in [-0.3, -0.25) is 9.59 Å². The Morgan fingerprint density at radius 1 is 0.515 bits per heavy atom. The van der Waals surface area contributed by atoms with E-state index in [0.29, 0.717) is 22.5 Å². The number of nitrogens with zero attached hydrogens (tertiary/aromatic N) is 6. The molecule has 0 unspecified atom stereocenters. The monoisotopic (exact) mass is 996 g/mol. The maximum Gasteiger partial charge on any atom is 1.00 e. The molecule has 2 aromatic heterocycles. The first-order valence-corrected chi connectivity index (χ1v) is 21.8. The van der Waals surface area contributed by atoms with Crippen molar-refractivity contribution in [2.75, 3.05) is 47.6 Å². The third-order valence-corrected chi connectivity index (χ3v) is 10.5. The summed E-state index contributed by atoms with van der Waals surface area (Å²) in [5.74, 6) is -1.16. The van der Waals surface area contributed by atoms with Crippen LogP contribution in [0.3, 0.4) is 0 Å². The van der Waals surface area contributed by atoms with E-state index in [-0.39, 0.29) is 154 Å². The predicted octanol–water partition coefficient (Wildman–Crippen LogP) is -2.23. The number of anilines is 8. The van der Waals surface area contributed by atoms with Gasteiger partial charge in [-0.25, -0.2) is 16.8 Å². The van der Waals surface area contributed by atoms with Gasteiger partial charge in [0, 0.05) is 47.0 Å². The van der Waals surface area contributed by atoms with Gasteiger partial charge < -0.3 is 51.2 Å². The summed E-state index contributed by atoms with van der Waals surface area (Å²) in [4.78, 5) is 47.2. The molecule has 0 aliphatic rings. The first kappa shape index (κ1) is 53.7. The molecule has 8 N–H and O–H groups in total. The number of amides is 2. The molecule has 2 heterocycles. The van der Waals surface area contributed by atoms with Crippen LogP contribution in [-0.4, -0.2) is 104 Å². The molecule has 0 aliphatic heterocycles. The standard InChI is InChI=1S/C38H34Cl2N12O10S2.2Na/c39-33-47-35(43-25-9-5-23(6-10-25)31(55)41-15-17-53)51-37(49-33)45-27-13-3-21(29(19-27)63(57,58)59)1-2-22-4-14-28(20-30(22)64(60,61)62)46-38-50-34(40)48-36(52-38)44-26-11-7-24(8-12-26)32(56)42-16-18-54;;/h1-14,19-20,53-54H,15-18H2,(H,41,55)(H,42,56)(H,57,58,59)(H,60,61,62)(H2,43,45,47,49,51)(H2,44,46,48,50,52);;/q;2*+1/p-2/b2-1+;;. The Kier molecular flexibility index (Phi) is 19.7. The first-order chi connectivity index (χ1) is 30.5. The van der Waals surface area contributed by atoms with Crippen LogP contribution in [0.4, 0.5) is 46.5 Å². The largest absolute Gasteiger partial charge is 1.00 e. The van der Waals surface area contributed by atoms with E-state index in [1.54, 1.807) is 24.3 Å². The van der Waals surface area contributed by atoms with E-state index in [0.717, 1.165) is 24.3 Å². The molecule has 2 amide bonds. The van der Waals surface area contributed by atoms with Gasteiger partial charge in [-0.05, 0) is 107 Å². The summed E-state index contributed by atoms with van der Waals surface area (Å²) >= 11 is 12.2. The number of carbonyl (C=O) groups is 2. The van der Waals surface area contributed by atoms with Crippen LogP contribution in [0.2, 0.25) is 10.6 Å². The Hall–Kier alpha value is -4.90. The zero-order chi connectivity index (χ0) is 46.0. The van der Waals surface area contributed by atoms with E-state index >= 15 is 0 Å². The van der Waals surface area contributed by atoms with Crippen LogP contribution in [0, 0.1) is 0 Å². The van der Waals surface area contributed by atoms with Crippen molar-refractivity contribution in [1.29, 1.82) is 0 Å². The summed E-state index contributed by atoms with van der Waals surface area (Å²) in [5.41, 5.74) is 1.32. The maximum atomic E-state index is 12.4. The molecule has 0 saturated heterocycles. The number of nitrogens with one attached hydrogen (secondary N) is 6. The van der Waals surface area contributed by atoms with Gasteiger partial charge in [0.1, 0.15) is 20.2 Å². The summed E-state index contributed by atoms with van der Waals surface area (Å²) in [6.45, 7) is -0.254. The predicted molar refractivity (Wildman–Crippen MR) is 232 cm³/mol. The minimum Gasteiger partial charge on any atom is -0.744 e. The van der Waals surface area contributed by atoms with E-state index in [1.165, 1.54) is 48.5 Å².